The number of nitrogens with two attached hydrogens (primary N) is 1. The van der Waals surface area contributed by atoms with Gasteiger partial charge in [0.25, 0.3) is 11.7 Å². The third-order valence-electron chi connectivity index (χ3n) is 1.45. The second-order valence-corrected chi connectivity index (χ2v) is 2.75. The van der Waals surface area contributed by atoms with Crippen LogP contribution in [0.4, 0.5) is 14.5 Å². The molecule has 0 spiro atoms. The maximum atomic E-state index is 12.2. The molecule has 0 saturated carbocycles. The predicted molar refractivity (Wildman–Crippen MR) is 45.5 cm³/mol. The fraction of sp³-hybridized carbons (Fsp3) is 0.143. The first-order valence-electron chi connectivity index (χ1n) is 3.41. The van der Waals surface area contributed by atoms with Crippen LogP contribution >= 0.6 is 11.6 Å². The number of rotatable bonds is 2. The van der Waals surface area contributed by atoms with Gasteiger partial charge in [-0.25, -0.2) is 13.8 Å². The molecule has 1 aromatic rings. The van der Waals surface area contributed by atoms with Crippen LogP contribution in [0.2, 0.25) is 0 Å². The van der Waals surface area contributed by atoms with Gasteiger partial charge in [-0.3, -0.25) is 4.79 Å². The summed E-state index contributed by atoms with van der Waals surface area (Å²) in [7, 11) is 0. The molecular weight excluding hydrogens is 218 g/mol. The van der Waals surface area contributed by atoms with Crippen molar-refractivity contribution < 1.29 is 18.7 Å². The van der Waals surface area contributed by atoms with Crippen molar-refractivity contribution in [1.82, 2.24) is 4.98 Å². The lowest BCUT2D eigenvalue weighted by atomic mass is 10.2. The van der Waals surface area contributed by atoms with E-state index < -0.39 is 28.8 Å². The predicted octanol–water partition coefficient (Wildman–Crippen LogP) is 1.69. The zero-order valence-electron chi connectivity index (χ0n) is 6.67. The van der Waals surface area contributed by atoms with E-state index in [9.17, 15) is 13.6 Å². The molecule has 0 atom stereocenters. The van der Waals surface area contributed by atoms with Gasteiger partial charge in [-0.15, -0.1) is 0 Å². The molecule has 0 amide bonds. The van der Waals surface area contributed by atoms with Crippen LogP contribution in [0.1, 0.15) is 22.6 Å². The third-order valence-corrected chi connectivity index (χ3v) is 1.63. The van der Waals surface area contributed by atoms with Gasteiger partial charge in [-0.1, -0.05) is 0 Å². The monoisotopic (exact) mass is 222 g/mol. The number of carbonyl (C=O) groups excluding carboxylic acids is 1. The quantitative estimate of drug-likeness (QED) is 0.747. The van der Waals surface area contributed by atoms with Crippen LogP contribution < -0.4 is 5.73 Å². The molecule has 7 heteroatoms. The van der Waals surface area contributed by atoms with Gasteiger partial charge in [0, 0.05) is 6.07 Å². The van der Waals surface area contributed by atoms with Crippen molar-refractivity contribution in [3.63, 3.8) is 0 Å². The molecule has 0 aromatic carbocycles. The maximum absolute atomic E-state index is 12.2. The summed E-state index contributed by atoms with van der Waals surface area (Å²) in [6.45, 7) is 0. The highest BCUT2D eigenvalue weighted by molar-refractivity contribution is 6.68. The third kappa shape index (κ3) is 1.90. The Hall–Kier alpha value is -1.43. The van der Waals surface area contributed by atoms with Gasteiger partial charge in [-0.05, 0) is 11.6 Å². The minimum Gasteiger partial charge on any atom is -0.506 e. The highest BCUT2D eigenvalue weighted by Gasteiger charge is 2.19. The van der Waals surface area contributed by atoms with Crippen molar-refractivity contribution in [2.24, 2.45) is 0 Å². The second kappa shape index (κ2) is 3.75. The smallest absolute Gasteiger partial charge is 0.284 e. The minimum absolute atomic E-state index is 0.244. The Bertz CT molecular complexity index is 384. The number of aromatic nitrogens is 1. The van der Waals surface area contributed by atoms with Gasteiger partial charge < -0.3 is 10.8 Å². The standard InChI is InChI=1S/C7H5ClF2N2O2/c8-6(14)4-2(11)1-3(13)5(12-4)7(9)10/h1,7,13H,11H2. The van der Waals surface area contributed by atoms with Gasteiger partial charge in [0.1, 0.15) is 17.1 Å². The average Bonchev–Trinajstić information content (AvgIpc) is 2.02. The molecule has 0 saturated heterocycles. The normalized spacial score (nSPS) is 10.6. The van der Waals surface area contributed by atoms with Gasteiger partial charge in [0.05, 0.1) is 5.69 Å². The molecule has 4 nitrogen and oxygen atoms in total. The van der Waals surface area contributed by atoms with Crippen molar-refractivity contribution >= 4 is 22.5 Å². The van der Waals surface area contributed by atoms with E-state index >= 15 is 0 Å². The Morgan fingerprint density at radius 3 is 2.64 bits per heavy atom. The summed E-state index contributed by atoms with van der Waals surface area (Å²) < 4.78 is 24.4. The topological polar surface area (TPSA) is 76.2 Å². The lowest BCUT2D eigenvalue weighted by molar-refractivity contribution is 0.107. The summed E-state index contributed by atoms with van der Waals surface area (Å²) in [5.74, 6) is -0.765. The molecule has 0 aliphatic heterocycles. The molecule has 0 aliphatic rings. The lowest BCUT2D eigenvalue weighted by Gasteiger charge is -2.05. The van der Waals surface area contributed by atoms with E-state index in [1.807, 2.05) is 0 Å². The van der Waals surface area contributed by atoms with Crippen LogP contribution in [-0.2, 0) is 0 Å². The van der Waals surface area contributed by atoms with Gasteiger partial charge in [0.2, 0.25) is 0 Å². The first-order valence-corrected chi connectivity index (χ1v) is 3.78. The van der Waals surface area contributed by atoms with E-state index in [4.69, 9.17) is 22.4 Å². The second-order valence-electron chi connectivity index (χ2n) is 2.40. The summed E-state index contributed by atoms with van der Waals surface area (Å²) in [6.07, 6.45) is -3.00. The number of aromatic hydroxyl groups is 1. The Morgan fingerprint density at radius 2 is 2.21 bits per heavy atom. The fourth-order valence-corrected chi connectivity index (χ4v) is 1.00. The molecule has 3 N–H and O–H groups in total. The van der Waals surface area contributed by atoms with Gasteiger partial charge in [-0.2, -0.15) is 0 Å². The molecule has 0 unspecified atom stereocenters. The summed E-state index contributed by atoms with van der Waals surface area (Å²) in [6, 6.07) is 0.810. The minimum atomic E-state index is -3.00. The Morgan fingerprint density at radius 1 is 1.64 bits per heavy atom. The van der Waals surface area contributed by atoms with Crippen LogP contribution in [0.3, 0.4) is 0 Å². The first-order chi connectivity index (χ1) is 6.43. The Kier molecular flexibility index (Phi) is 2.85. The number of alkyl halides is 2. The number of nitrogen functional groups attached to an aromatic ring is 1. The van der Waals surface area contributed by atoms with E-state index in [2.05, 4.69) is 4.98 Å². The largest absolute Gasteiger partial charge is 0.506 e. The van der Waals surface area contributed by atoms with Crippen LogP contribution in [0.25, 0.3) is 0 Å². The molecular formula is C7H5ClF2N2O2. The highest BCUT2D eigenvalue weighted by atomic mass is 35.5. The number of hydrogen-bond acceptors (Lipinski definition) is 4. The number of carbonyl (C=O) groups is 1. The molecule has 0 bridgehead atoms. The van der Waals surface area contributed by atoms with Crippen molar-refractivity contribution in [2.45, 2.75) is 6.43 Å². The lowest BCUT2D eigenvalue weighted by Crippen LogP contribution is -2.04. The Balaban J connectivity index is 3.34. The van der Waals surface area contributed by atoms with Crippen molar-refractivity contribution in [3.8, 4) is 5.75 Å². The molecule has 76 valence electrons. The van der Waals surface area contributed by atoms with Crippen LogP contribution in [-0.4, -0.2) is 15.3 Å². The molecule has 14 heavy (non-hydrogen) atoms. The Labute approximate surface area is 82.3 Å². The summed E-state index contributed by atoms with van der Waals surface area (Å²) in [5.41, 5.74) is 3.58. The number of hydrogen-bond donors (Lipinski definition) is 2. The summed E-state index contributed by atoms with van der Waals surface area (Å²) >= 11 is 5.03. The fourth-order valence-electron chi connectivity index (χ4n) is 0.850. The van der Waals surface area contributed by atoms with Crippen LogP contribution in [0, 0.1) is 0 Å². The highest BCUT2D eigenvalue weighted by Crippen LogP contribution is 2.29. The van der Waals surface area contributed by atoms with Crippen molar-refractivity contribution in [1.29, 1.82) is 0 Å². The molecule has 0 radical (unpaired) electrons. The average molecular weight is 223 g/mol. The van der Waals surface area contributed by atoms with Gasteiger partial charge >= 0.3 is 0 Å². The first kappa shape index (κ1) is 10.6. The number of pyridine rings is 1. The summed E-state index contributed by atoms with van der Waals surface area (Å²) in [5, 5.41) is 7.94. The van der Waals surface area contributed by atoms with Crippen molar-refractivity contribution in [3.05, 3.63) is 17.5 Å². The number of nitrogens with zero attached hydrogens (tertiary/aromatic N) is 1. The molecule has 1 heterocycles. The molecule has 1 rings (SSSR count). The number of anilines is 1. The van der Waals surface area contributed by atoms with Gasteiger partial charge in [0.15, 0.2) is 0 Å². The zero-order valence-corrected chi connectivity index (χ0v) is 7.42. The van der Waals surface area contributed by atoms with E-state index in [1.54, 1.807) is 0 Å². The number of halogens is 3. The zero-order chi connectivity index (χ0) is 10.9. The molecule has 0 fully saturated rings. The van der Waals surface area contributed by atoms with Crippen LogP contribution in [0.15, 0.2) is 6.07 Å². The summed E-state index contributed by atoms with van der Waals surface area (Å²) in [4.78, 5) is 13.8. The van der Waals surface area contributed by atoms with E-state index in [0.29, 0.717) is 0 Å². The SMILES string of the molecule is Nc1cc(O)c(C(F)F)nc1C(=O)Cl. The van der Waals surface area contributed by atoms with Crippen molar-refractivity contribution in [2.75, 3.05) is 5.73 Å². The maximum Gasteiger partial charge on any atom is 0.284 e. The van der Waals surface area contributed by atoms with E-state index in [-0.39, 0.29) is 5.69 Å². The van der Waals surface area contributed by atoms with E-state index in [0.717, 1.165) is 6.07 Å². The molecule has 0 aliphatic carbocycles. The molecule has 1 aromatic heterocycles. The van der Waals surface area contributed by atoms with E-state index in [1.165, 1.54) is 0 Å². The van der Waals surface area contributed by atoms with Crippen LogP contribution in [0.5, 0.6) is 5.75 Å².